The van der Waals surface area contributed by atoms with E-state index in [0.29, 0.717) is 17.9 Å². The predicted octanol–water partition coefficient (Wildman–Crippen LogP) is 2.38. The molecule has 0 amide bonds. The third-order valence-electron chi connectivity index (χ3n) is 2.84. The summed E-state index contributed by atoms with van der Waals surface area (Å²) in [5.74, 6) is 0.211. The number of nitrogens with zero attached hydrogens (tertiary/aromatic N) is 2. The Kier molecular flexibility index (Phi) is 4.94. The molecule has 110 valence electrons. The molecule has 1 aromatic heterocycles. The van der Waals surface area contributed by atoms with Crippen molar-refractivity contribution in [1.82, 2.24) is 9.97 Å². The minimum absolute atomic E-state index is 0.143. The van der Waals surface area contributed by atoms with Crippen molar-refractivity contribution in [2.45, 2.75) is 13.0 Å². The molecule has 0 aliphatic heterocycles. The molecule has 0 fully saturated rings. The van der Waals surface area contributed by atoms with Gasteiger partial charge in [-0.3, -0.25) is 4.79 Å². The van der Waals surface area contributed by atoms with E-state index in [4.69, 9.17) is 21.4 Å². The second kappa shape index (κ2) is 6.90. The lowest BCUT2D eigenvalue weighted by atomic mass is 10.2. The first kappa shape index (κ1) is 15.1. The SMILES string of the molecule is COc1ccc(CNc2ncnc(Cl)c2CC(=O)O)cc1. The average Bonchev–Trinajstić information content (AvgIpc) is 2.48. The van der Waals surface area contributed by atoms with Crippen molar-refractivity contribution < 1.29 is 14.6 Å². The zero-order chi connectivity index (χ0) is 15.2. The van der Waals surface area contributed by atoms with E-state index in [-0.39, 0.29) is 11.6 Å². The zero-order valence-electron chi connectivity index (χ0n) is 11.3. The highest BCUT2D eigenvalue weighted by atomic mass is 35.5. The molecular weight excluding hydrogens is 294 g/mol. The normalized spacial score (nSPS) is 10.2. The van der Waals surface area contributed by atoms with E-state index in [9.17, 15) is 4.79 Å². The summed E-state index contributed by atoms with van der Waals surface area (Å²) in [6.45, 7) is 0.490. The summed E-state index contributed by atoms with van der Waals surface area (Å²) < 4.78 is 5.09. The summed E-state index contributed by atoms with van der Waals surface area (Å²) in [5, 5.41) is 12.1. The Balaban J connectivity index is 2.11. The van der Waals surface area contributed by atoms with Crippen LogP contribution in [0.4, 0.5) is 5.82 Å². The Morgan fingerprint density at radius 2 is 2.05 bits per heavy atom. The number of nitrogens with one attached hydrogen (secondary N) is 1. The van der Waals surface area contributed by atoms with E-state index < -0.39 is 5.97 Å². The molecule has 0 bridgehead atoms. The first-order valence-electron chi connectivity index (χ1n) is 6.18. The molecule has 0 aliphatic carbocycles. The number of carboxylic acid groups (broad SMARTS) is 1. The number of methoxy groups -OCH3 is 1. The summed E-state index contributed by atoms with van der Waals surface area (Å²) in [7, 11) is 1.61. The Morgan fingerprint density at radius 3 is 2.67 bits per heavy atom. The minimum Gasteiger partial charge on any atom is -0.497 e. The summed E-state index contributed by atoms with van der Waals surface area (Å²) in [5.41, 5.74) is 1.38. The van der Waals surface area contributed by atoms with Gasteiger partial charge in [-0.05, 0) is 17.7 Å². The molecule has 0 radical (unpaired) electrons. The van der Waals surface area contributed by atoms with Crippen LogP contribution in [0.1, 0.15) is 11.1 Å². The minimum atomic E-state index is -0.987. The quantitative estimate of drug-likeness (QED) is 0.797. The van der Waals surface area contributed by atoms with Gasteiger partial charge >= 0.3 is 5.97 Å². The van der Waals surface area contributed by atoms with Gasteiger partial charge in [0.15, 0.2) is 0 Å². The Hall–Kier alpha value is -2.34. The molecule has 1 heterocycles. The number of hydrogen-bond acceptors (Lipinski definition) is 5. The lowest BCUT2D eigenvalue weighted by Gasteiger charge is -2.11. The highest BCUT2D eigenvalue weighted by molar-refractivity contribution is 6.30. The fourth-order valence-corrected chi connectivity index (χ4v) is 1.98. The molecule has 0 aliphatic rings. The fourth-order valence-electron chi connectivity index (χ4n) is 1.78. The van der Waals surface area contributed by atoms with Crippen molar-refractivity contribution in [3.8, 4) is 5.75 Å². The largest absolute Gasteiger partial charge is 0.497 e. The van der Waals surface area contributed by atoms with Gasteiger partial charge in [0.05, 0.1) is 13.5 Å². The van der Waals surface area contributed by atoms with Gasteiger partial charge in [0.2, 0.25) is 0 Å². The third kappa shape index (κ3) is 4.06. The number of ether oxygens (including phenoxy) is 1. The van der Waals surface area contributed by atoms with E-state index >= 15 is 0 Å². The van der Waals surface area contributed by atoms with E-state index in [1.54, 1.807) is 7.11 Å². The van der Waals surface area contributed by atoms with Crippen molar-refractivity contribution in [3.63, 3.8) is 0 Å². The first-order valence-corrected chi connectivity index (χ1v) is 6.56. The number of rotatable bonds is 6. The molecule has 2 aromatic rings. The lowest BCUT2D eigenvalue weighted by Crippen LogP contribution is -2.09. The molecule has 0 unspecified atom stereocenters. The van der Waals surface area contributed by atoms with Crippen LogP contribution in [-0.2, 0) is 17.8 Å². The molecule has 6 nitrogen and oxygen atoms in total. The second-order valence-corrected chi connectivity index (χ2v) is 4.62. The fraction of sp³-hybridized carbons (Fsp3) is 0.214. The topological polar surface area (TPSA) is 84.3 Å². The molecular formula is C14H14ClN3O3. The summed E-state index contributed by atoms with van der Waals surface area (Å²) in [4.78, 5) is 18.7. The van der Waals surface area contributed by atoms with Gasteiger partial charge in [0, 0.05) is 12.1 Å². The van der Waals surface area contributed by atoms with Crippen LogP contribution in [0.15, 0.2) is 30.6 Å². The second-order valence-electron chi connectivity index (χ2n) is 4.26. The lowest BCUT2D eigenvalue weighted by molar-refractivity contribution is -0.136. The van der Waals surface area contributed by atoms with Gasteiger partial charge in [-0.1, -0.05) is 23.7 Å². The number of carboxylic acids is 1. The third-order valence-corrected chi connectivity index (χ3v) is 3.17. The monoisotopic (exact) mass is 307 g/mol. The maximum atomic E-state index is 10.9. The maximum absolute atomic E-state index is 10.9. The predicted molar refractivity (Wildman–Crippen MR) is 78.7 cm³/mol. The molecule has 0 atom stereocenters. The van der Waals surface area contributed by atoms with Crippen molar-refractivity contribution in [2.24, 2.45) is 0 Å². The van der Waals surface area contributed by atoms with Crippen molar-refractivity contribution in [3.05, 3.63) is 46.9 Å². The molecule has 0 saturated carbocycles. The van der Waals surface area contributed by atoms with Gasteiger partial charge in [-0.15, -0.1) is 0 Å². The van der Waals surface area contributed by atoms with Crippen LogP contribution in [0.25, 0.3) is 0 Å². The molecule has 0 spiro atoms. The molecule has 2 rings (SSSR count). The summed E-state index contributed by atoms with van der Waals surface area (Å²) >= 11 is 5.92. The van der Waals surface area contributed by atoms with Gasteiger partial charge in [-0.25, -0.2) is 9.97 Å². The molecule has 0 saturated heterocycles. The molecule has 7 heteroatoms. The van der Waals surface area contributed by atoms with Gasteiger partial charge < -0.3 is 15.2 Å². The Labute approximate surface area is 126 Å². The van der Waals surface area contributed by atoms with Gasteiger partial charge in [0.25, 0.3) is 0 Å². The number of aliphatic carboxylic acids is 1. The smallest absolute Gasteiger partial charge is 0.308 e. The highest BCUT2D eigenvalue weighted by Gasteiger charge is 2.13. The number of halogens is 1. The van der Waals surface area contributed by atoms with Crippen molar-refractivity contribution in [2.75, 3.05) is 12.4 Å². The van der Waals surface area contributed by atoms with Gasteiger partial charge in [0.1, 0.15) is 23.0 Å². The van der Waals surface area contributed by atoms with Crippen LogP contribution >= 0.6 is 11.6 Å². The van der Waals surface area contributed by atoms with Crippen LogP contribution < -0.4 is 10.1 Å². The first-order chi connectivity index (χ1) is 10.1. The average molecular weight is 308 g/mol. The Morgan fingerprint density at radius 1 is 1.33 bits per heavy atom. The highest BCUT2D eigenvalue weighted by Crippen LogP contribution is 2.21. The molecule has 21 heavy (non-hydrogen) atoms. The van der Waals surface area contributed by atoms with Crippen molar-refractivity contribution in [1.29, 1.82) is 0 Å². The number of benzene rings is 1. The number of aromatic nitrogens is 2. The van der Waals surface area contributed by atoms with Crippen LogP contribution in [-0.4, -0.2) is 28.2 Å². The van der Waals surface area contributed by atoms with Crippen molar-refractivity contribution >= 4 is 23.4 Å². The van der Waals surface area contributed by atoms with E-state index in [1.807, 2.05) is 24.3 Å². The molecule has 2 N–H and O–H groups in total. The standard InChI is InChI=1S/C14H14ClN3O3/c1-21-10-4-2-9(3-5-10)7-16-14-11(6-12(19)20)13(15)17-8-18-14/h2-5,8H,6-7H2,1H3,(H,19,20)(H,16,17,18). The maximum Gasteiger partial charge on any atom is 0.308 e. The van der Waals surface area contributed by atoms with E-state index in [0.717, 1.165) is 11.3 Å². The summed E-state index contributed by atoms with van der Waals surface area (Å²) in [6.07, 6.45) is 1.06. The summed E-state index contributed by atoms with van der Waals surface area (Å²) in [6, 6.07) is 7.52. The van der Waals surface area contributed by atoms with Crippen LogP contribution in [0.3, 0.4) is 0 Å². The Bertz CT molecular complexity index is 632. The van der Waals surface area contributed by atoms with Gasteiger partial charge in [-0.2, -0.15) is 0 Å². The zero-order valence-corrected chi connectivity index (χ0v) is 12.1. The van der Waals surface area contributed by atoms with Crippen LogP contribution in [0.2, 0.25) is 5.15 Å². The van der Waals surface area contributed by atoms with Crippen LogP contribution in [0.5, 0.6) is 5.75 Å². The number of anilines is 1. The molecule has 1 aromatic carbocycles. The number of carbonyl (C=O) groups is 1. The van der Waals surface area contributed by atoms with Crippen LogP contribution in [0, 0.1) is 0 Å². The van der Waals surface area contributed by atoms with E-state index in [1.165, 1.54) is 6.33 Å². The van der Waals surface area contributed by atoms with E-state index in [2.05, 4.69) is 15.3 Å². The number of hydrogen-bond donors (Lipinski definition) is 2.